The van der Waals surface area contributed by atoms with Gasteiger partial charge in [0.1, 0.15) is 4.47 Å². The van der Waals surface area contributed by atoms with E-state index in [1.165, 1.54) is 11.8 Å². The second-order valence-electron chi connectivity index (χ2n) is 5.63. The van der Waals surface area contributed by atoms with Gasteiger partial charge in [0.15, 0.2) is 0 Å². The van der Waals surface area contributed by atoms with E-state index in [4.69, 9.17) is 0 Å². The number of H-pyrrole nitrogens is 1. The molecule has 0 aliphatic carbocycles. The van der Waals surface area contributed by atoms with Crippen molar-refractivity contribution in [1.82, 2.24) is 10.2 Å². The van der Waals surface area contributed by atoms with Crippen LogP contribution in [0, 0.1) is 6.92 Å². The molecule has 0 unspecified atom stereocenters. The quantitative estimate of drug-likeness (QED) is 0.507. The number of aromatic nitrogens is 2. The van der Waals surface area contributed by atoms with Crippen LogP contribution in [0.1, 0.15) is 16.7 Å². The van der Waals surface area contributed by atoms with Gasteiger partial charge in [-0.2, -0.15) is 10.2 Å². The summed E-state index contributed by atoms with van der Waals surface area (Å²) in [5.41, 5.74) is 7.40. The van der Waals surface area contributed by atoms with Crippen molar-refractivity contribution in [3.63, 3.8) is 0 Å². The maximum Gasteiger partial charge on any atom is 0.280 e. The predicted octanol–water partition coefficient (Wildman–Crippen LogP) is 3.90. The lowest BCUT2D eigenvalue weighted by Crippen LogP contribution is -2.12. The average molecular weight is 397 g/mol. The van der Waals surface area contributed by atoms with Gasteiger partial charge < -0.3 is 0 Å². The highest BCUT2D eigenvalue weighted by Gasteiger charge is 2.08. The van der Waals surface area contributed by atoms with E-state index in [2.05, 4.69) is 67.8 Å². The van der Waals surface area contributed by atoms with E-state index in [1.807, 2.05) is 30.3 Å². The first-order valence-electron chi connectivity index (χ1n) is 7.80. The molecule has 0 atom stereocenters. The first kappa shape index (κ1) is 17.1. The molecule has 0 fully saturated rings. The van der Waals surface area contributed by atoms with Crippen LogP contribution in [0.15, 0.2) is 75.2 Å². The number of aromatic amines is 1. The lowest BCUT2D eigenvalue weighted by molar-refractivity contribution is 0.976. The molecule has 5 nitrogen and oxygen atoms in total. The third-order valence-electron chi connectivity index (χ3n) is 3.71. The van der Waals surface area contributed by atoms with Gasteiger partial charge >= 0.3 is 0 Å². The van der Waals surface area contributed by atoms with Crippen LogP contribution in [0.3, 0.4) is 0 Å². The van der Waals surface area contributed by atoms with Crippen molar-refractivity contribution in [2.75, 3.05) is 5.43 Å². The number of hydrogen-bond donors (Lipinski definition) is 2. The Labute approximate surface area is 153 Å². The molecule has 0 saturated heterocycles. The number of anilines is 1. The molecule has 1 aromatic heterocycles. The van der Waals surface area contributed by atoms with Crippen molar-refractivity contribution in [3.05, 3.63) is 92.3 Å². The molecule has 3 rings (SSSR count). The van der Waals surface area contributed by atoms with Crippen LogP contribution in [-0.4, -0.2) is 15.9 Å². The highest BCUT2D eigenvalue weighted by Crippen LogP contribution is 2.16. The summed E-state index contributed by atoms with van der Waals surface area (Å²) in [7, 11) is 0. The average Bonchev–Trinajstić information content (AvgIpc) is 2.63. The summed E-state index contributed by atoms with van der Waals surface area (Å²) in [5.74, 6) is 0. The van der Waals surface area contributed by atoms with Crippen LogP contribution >= 0.6 is 15.9 Å². The first-order chi connectivity index (χ1) is 12.1. The first-order valence-corrected chi connectivity index (χ1v) is 8.59. The topological polar surface area (TPSA) is 70.1 Å². The smallest absolute Gasteiger partial charge is 0.275 e. The molecule has 25 heavy (non-hydrogen) atoms. The molecule has 0 bridgehead atoms. The maximum absolute atomic E-state index is 11.6. The van der Waals surface area contributed by atoms with Gasteiger partial charge in [0.25, 0.3) is 5.56 Å². The Balaban J connectivity index is 1.93. The maximum atomic E-state index is 11.6. The van der Waals surface area contributed by atoms with Crippen LogP contribution in [0.4, 0.5) is 5.69 Å². The zero-order chi connectivity index (χ0) is 17.6. The van der Waals surface area contributed by atoms with Crippen LogP contribution in [0.25, 0.3) is 0 Å². The molecule has 1 heterocycles. The van der Waals surface area contributed by atoms with E-state index in [1.54, 1.807) is 0 Å². The van der Waals surface area contributed by atoms with Gasteiger partial charge in [-0.25, -0.2) is 5.10 Å². The van der Waals surface area contributed by atoms with Crippen molar-refractivity contribution >= 4 is 27.3 Å². The molecule has 2 aromatic carbocycles. The highest BCUT2D eigenvalue weighted by atomic mass is 79.9. The van der Waals surface area contributed by atoms with Gasteiger partial charge in [-0.05, 0) is 34.0 Å². The molecule has 0 amide bonds. The molecule has 0 aliphatic rings. The fourth-order valence-electron chi connectivity index (χ4n) is 2.33. The van der Waals surface area contributed by atoms with Crippen LogP contribution in [0.5, 0.6) is 0 Å². The van der Waals surface area contributed by atoms with E-state index in [0.29, 0.717) is 16.6 Å². The summed E-state index contributed by atoms with van der Waals surface area (Å²) in [5, 5.41) is 10.7. The summed E-state index contributed by atoms with van der Waals surface area (Å²) >= 11 is 3.25. The Hall–Kier alpha value is -2.73. The lowest BCUT2D eigenvalue weighted by atomic mass is 10.0. The number of aryl methyl sites for hydroxylation is 1. The molecule has 0 radical (unpaired) electrons. The summed E-state index contributed by atoms with van der Waals surface area (Å²) < 4.78 is 0.370. The van der Waals surface area contributed by atoms with Gasteiger partial charge in [0, 0.05) is 6.42 Å². The summed E-state index contributed by atoms with van der Waals surface area (Å²) in [6.45, 7) is 2.05. The minimum atomic E-state index is -0.305. The molecule has 0 spiro atoms. The number of nitrogens with one attached hydrogen (secondary N) is 2. The third kappa shape index (κ3) is 4.42. The lowest BCUT2D eigenvalue weighted by Gasteiger charge is -2.09. The van der Waals surface area contributed by atoms with Crippen molar-refractivity contribution in [1.29, 1.82) is 0 Å². The number of halogens is 1. The third-order valence-corrected chi connectivity index (χ3v) is 4.49. The SMILES string of the molecule is Cc1ccc(C(Cc2ccccc2)=NNc2cn[nH]c(=O)c2Br)cc1. The number of benzene rings is 2. The number of rotatable bonds is 5. The molecule has 126 valence electrons. The number of hydrogen-bond acceptors (Lipinski definition) is 4. The Bertz CT molecular complexity index is 934. The fourth-order valence-corrected chi connectivity index (χ4v) is 2.61. The number of nitrogens with zero attached hydrogens (tertiary/aromatic N) is 2. The standard InChI is InChI=1S/C19H17BrN4O/c1-13-7-9-15(10-8-13)16(11-14-5-3-2-4-6-14)22-23-17-12-21-24-19(25)18(17)20/h2-10,12H,11H2,1H3,(H2,23,24,25). The Morgan fingerprint density at radius 1 is 1.16 bits per heavy atom. The molecule has 0 aliphatic heterocycles. The minimum absolute atomic E-state index is 0.305. The second-order valence-corrected chi connectivity index (χ2v) is 6.42. The zero-order valence-corrected chi connectivity index (χ0v) is 15.2. The second kappa shape index (κ2) is 7.90. The van der Waals surface area contributed by atoms with Crippen LogP contribution < -0.4 is 11.0 Å². The molecule has 0 saturated carbocycles. The van der Waals surface area contributed by atoms with E-state index >= 15 is 0 Å². The monoisotopic (exact) mass is 396 g/mol. The molecule has 2 N–H and O–H groups in total. The van der Waals surface area contributed by atoms with Gasteiger partial charge in [-0.3, -0.25) is 10.2 Å². The van der Waals surface area contributed by atoms with E-state index in [-0.39, 0.29) is 5.56 Å². The van der Waals surface area contributed by atoms with Gasteiger partial charge in [0.2, 0.25) is 0 Å². The van der Waals surface area contributed by atoms with Crippen molar-refractivity contribution < 1.29 is 0 Å². The summed E-state index contributed by atoms with van der Waals surface area (Å²) in [4.78, 5) is 11.6. The summed E-state index contributed by atoms with van der Waals surface area (Å²) in [6, 6.07) is 18.3. The minimum Gasteiger partial charge on any atom is -0.275 e. The molecular weight excluding hydrogens is 380 g/mol. The van der Waals surface area contributed by atoms with E-state index in [9.17, 15) is 4.79 Å². The van der Waals surface area contributed by atoms with Crippen molar-refractivity contribution in [3.8, 4) is 0 Å². The normalized spacial score (nSPS) is 11.4. The Kier molecular flexibility index (Phi) is 5.40. The van der Waals surface area contributed by atoms with Crippen LogP contribution in [0.2, 0.25) is 0 Å². The van der Waals surface area contributed by atoms with Gasteiger partial charge in [-0.1, -0.05) is 60.2 Å². The van der Waals surface area contributed by atoms with Crippen molar-refractivity contribution in [2.45, 2.75) is 13.3 Å². The Morgan fingerprint density at radius 2 is 1.88 bits per heavy atom. The largest absolute Gasteiger partial charge is 0.280 e. The Morgan fingerprint density at radius 3 is 2.60 bits per heavy atom. The predicted molar refractivity (Wildman–Crippen MR) is 104 cm³/mol. The van der Waals surface area contributed by atoms with E-state index in [0.717, 1.165) is 16.8 Å². The van der Waals surface area contributed by atoms with E-state index < -0.39 is 0 Å². The number of hydrazone groups is 1. The fraction of sp³-hybridized carbons (Fsp3) is 0.105. The summed E-state index contributed by atoms with van der Waals surface area (Å²) in [6.07, 6.45) is 2.19. The van der Waals surface area contributed by atoms with Gasteiger partial charge in [-0.15, -0.1) is 0 Å². The van der Waals surface area contributed by atoms with Gasteiger partial charge in [0.05, 0.1) is 17.6 Å². The zero-order valence-electron chi connectivity index (χ0n) is 13.7. The molecular formula is C19H17BrN4O. The van der Waals surface area contributed by atoms with Crippen LogP contribution in [-0.2, 0) is 6.42 Å². The molecule has 3 aromatic rings. The molecule has 6 heteroatoms. The highest BCUT2D eigenvalue weighted by molar-refractivity contribution is 9.10. The van der Waals surface area contributed by atoms with Crippen molar-refractivity contribution in [2.24, 2.45) is 5.10 Å².